The third-order valence-electron chi connectivity index (χ3n) is 4.95. The highest BCUT2D eigenvalue weighted by Gasteiger charge is 2.26. The number of hydrogen-bond acceptors (Lipinski definition) is 3. The zero-order valence-electron chi connectivity index (χ0n) is 14.1. The van der Waals surface area contributed by atoms with Gasteiger partial charge in [0.25, 0.3) is 0 Å². The molecular weight excluding hydrogens is 310 g/mol. The van der Waals surface area contributed by atoms with Crippen molar-refractivity contribution in [1.29, 1.82) is 0 Å². The van der Waals surface area contributed by atoms with E-state index in [9.17, 15) is 9.59 Å². The zero-order chi connectivity index (χ0) is 17.6. The van der Waals surface area contributed by atoms with Crippen molar-refractivity contribution >= 4 is 39.2 Å². The molecule has 0 amide bonds. The number of fused-ring (bicyclic) bond motifs is 3. The Hall–Kier alpha value is -2.94. The van der Waals surface area contributed by atoms with Crippen molar-refractivity contribution < 1.29 is 9.59 Å². The summed E-state index contributed by atoms with van der Waals surface area (Å²) in [5, 5.41) is 4.54. The van der Waals surface area contributed by atoms with Gasteiger partial charge < -0.3 is 5.73 Å². The molecule has 0 atom stereocenters. The average molecular weight is 329 g/mol. The summed E-state index contributed by atoms with van der Waals surface area (Å²) < 4.78 is 0. The van der Waals surface area contributed by atoms with Crippen LogP contribution in [0, 0.1) is 0 Å². The lowest BCUT2D eigenvalue weighted by molar-refractivity contribution is -0.111. The van der Waals surface area contributed by atoms with E-state index < -0.39 is 11.6 Å². The lowest BCUT2D eigenvalue weighted by Gasteiger charge is -2.16. The van der Waals surface area contributed by atoms with Gasteiger partial charge in [0.1, 0.15) is 0 Å². The molecule has 0 heterocycles. The van der Waals surface area contributed by atoms with Gasteiger partial charge in [-0.25, -0.2) is 0 Å². The molecule has 1 aliphatic rings. The maximum absolute atomic E-state index is 12.3. The summed E-state index contributed by atoms with van der Waals surface area (Å²) in [6.07, 6.45) is 4.83. The lowest BCUT2D eigenvalue weighted by Crippen LogP contribution is -2.25. The van der Waals surface area contributed by atoms with E-state index in [0.29, 0.717) is 5.56 Å². The fraction of sp³-hybridized carbons (Fsp3) is 0.182. The van der Waals surface area contributed by atoms with Gasteiger partial charge in [-0.2, -0.15) is 0 Å². The molecule has 3 aromatic carbocycles. The predicted molar refractivity (Wildman–Crippen MR) is 102 cm³/mol. The highest BCUT2D eigenvalue weighted by atomic mass is 16.2. The molecule has 124 valence electrons. The number of nitrogens with two attached hydrogens (primary N) is 1. The van der Waals surface area contributed by atoms with E-state index in [-0.39, 0.29) is 5.70 Å². The highest BCUT2D eigenvalue weighted by Crippen LogP contribution is 2.33. The molecule has 4 rings (SSSR count). The Labute approximate surface area is 146 Å². The molecule has 3 aromatic rings. The number of rotatable bonds is 3. The first-order valence-corrected chi connectivity index (χ1v) is 8.64. The van der Waals surface area contributed by atoms with Crippen LogP contribution in [0.1, 0.15) is 41.3 Å². The van der Waals surface area contributed by atoms with Gasteiger partial charge in [0.05, 0.1) is 5.70 Å². The second-order valence-corrected chi connectivity index (χ2v) is 6.60. The SMILES string of the molecule is CCCCc1c2ccccc2cc2cc3c(cc12)C=C(N)C(=O)C3=O. The van der Waals surface area contributed by atoms with Crippen molar-refractivity contribution in [2.75, 3.05) is 0 Å². The number of benzene rings is 3. The molecule has 3 nitrogen and oxygen atoms in total. The third-order valence-corrected chi connectivity index (χ3v) is 4.95. The van der Waals surface area contributed by atoms with E-state index in [0.717, 1.165) is 41.0 Å². The van der Waals surface area contributed by atoms with Crippen LogP contribution in [-0.4, -0.2) is 11.6 Å². The maximum atomic E-state index is 12.3. The Kier molecular flexibility index (Phi) is 3.65. The summed E-state index contributed by atoms with van der Waals surface area (Å²) in [5.74, 6) is -1.13. The molecule has 0 unspecified atom stereocenters. The number of hydrogen-bond donors (Lipinski definition) is 1. The van der Waals surface area contributed by atoms with Gasteiger partial charge in [-0.05, 0) is 69.8 Å². The Morgan fingerprint density at radius 2 is 1.72 bits per heavy atom. The normalized spacial score (nSPS) is 14.0. The predicted octanol–water partition coefficient (Wildman–Crippen LogP) is 4.40. The number of aryl methyl sites for hydroxylation is 1. The van der Waals surface area contributed by atoms with Crippen molar-refractivity contribution in [3.8, 4) is 0 Å². The molecule has 25 heavy (non-hydrogen) atoms. The first-order valence-electron chi connectivity index (χ1n) is 8.64. The summed E-state index contributed by atoms with van der Waals surface area (Å²) in [4.78, 5) is 24.2. The van der Waals surface area contributed by atoms with Crippen LogP contribution in [0.25, 0.3) is 27.6 Å². The number of carbonyl (C=O) groups excluding carboxylic acids is 2. The molecule has 0 spiro atoms. The second kappa shape index (κ2) is 5.85. The minimum absolute atomic E-state index is 0.0211. The van der Waals surface area contributed by atoms with Crippen molar-refractivity contribution in [2.45, 2.75) is 26.2 Å². The van der Waals surface area contributed by atoms with E-state index >= 15 is 0 Å². The van der Waals surface area contributed by atoms with Crippen molar-refractivity contribution in [2.24, 2.45) is 5.73 Å². The van der Waals surface area contributed by atoms with Crippen LogP contribution in [0.4, 0.5) is 0 Å². The van der Waals surface area contributed by atoms with Gasteiger partial charge in [-0.15, -0.1) is 0 Å². The molecule has 0 fully saturated rings. The van der Waals surface area contributed by atoms with Gasteiger partial charge in [0.15, 0.2) is 0 Å². The Balaban J connectivity index is 2.07. The number of allylic oxidation sites excluding steroid dienone is 1. The molecule has 0 bridgehead atoms. The fourth-order valence-electron chi connectivity index (χ4n) is 3.65. The van der Waals surface area contributed by atoms with Crippen molar-refractivity contribution in [1.82, 2.24) is 0 Å². The molecule has 0 aliphatic heterocycles. The fourth-order valence-corrected chi connectivity index (χ4v) is 3.65. The number of unbranched alkanes of at least 4 members (excludes halogenated alkanes) is 1. The van der Waals surface area contributed by atoms with Crippen molar-refractivity contribution in [3.05, 3.63) is 64.9 Å². The number of ketones is 2. The maximum Gasteiger partial charge on any atom is 0.249 e. The Morgan fingerprint density at radius 3 is 2.52 bits per heavy atom. The monoisotopic (exact) mass is 329 g/mol. The number of carbonyl (C=O) groups is 2. The molecular formula is C22H19NO2. The van der Waals surface area contributed by atoms with Crippen LogP contribution in [0.5, 0.6) is 0 Å². The third kappa shape index (κ3) is 2.43. The summed E-state index contributed by atoms with van der Waals surface area (Å²) in [6, 6.07) is 14.3. The zero-order valence-corrected chi connectivity index (χ0v) is 14.1. The van der Waals surface area contributed by atoms with Gasteiger partial charge in [-0.3, -0.25) is 9.59 Å². The lowest BCUT2D eigenvalue weighted by atomic mass is 9.87. The average Bonchev–Trinajstić information content (AvgIpc) is 2.62. The summed E-state index contributed by atoms with van der Waals surface area (Å²) in [6.45, 7) is 2.18. The molecule has 0 aromatic heterocycles. The van der Waals surface area contributed by atoms with Crippen LogP contribution in [-0.2, 0) is 11.2 Å². The first-order chi connectivity index (χ1) is 12.1. The van der Waals surface area contributed by atoms with Crippen LogP contribution >= 0.6 is 0 Å². The Bertz CT molecular complexity index is 1080. The van der Waals surface area contributed by atoms with E-state index in [1.165, 1.54) is 10.9 Å². The quantitative estimate of drug-likeness (QED) is 0.572. The van der Waals surface area contributed by atoms with E-state index in [1.807, 2.05) is 18.2 Å². The molecule has 0 radical (unpaired) electrons. The topological polar surface area (TPSA) is 60.2 Å². The van der Waals surface area contributed by atoms with Gasteiger partial charge in [0, 0.05) is 5.56 Å². The van der Waals surface area contributed by atoms with E-state index in [1.54, 1.807) is 6.08 Å². The first kappa shape index (κ1) is 15.6. The Morgan fingerprint density at radius 1 is 0.920 bits per heavy atom. The van der Waals surface area contributed by atoms with E-state index in [2.05, 4.69) is 31.2 Å². The second-order valence-electron chi connectivity index (χ2n) is 6.60. The summed E-state index contributed by atoms with van der Waals surface area (Å²) in [7, 11) is 0. The van der Waals surface area contributed by atoms with Crippen molar-refractivity contribution in [3.63, 3.8) is 0 Å². The van der Waals surface area contributed by atoms with Gasteiger partial charge >= 0.3 is 0 Å². The molecule has 2 N–H and O–H groups in total. The molecule has 1 aliphatic carbocycles. The minimum atomic E-state index is -0.612. The highest BCUT2D eigenvalue weighted by molar-refractivity contribution is 6.51. The molecule has 3 heteroatoms. The van der Waals surface area contributed by atoms with Crippen LogP contribution in [0.3, 0.4) is 0 Å². The standard InChI is InChI=1S/C22H19NO2/c1-2-3-7-17-16-8-5-4-6-13(16)9-14-11-19-15(10-18(14)17)12-20(23)22(25)21(19)24/h4-6,8-12H,2-3,7,23H2,1H3. The van der Waals surface area contributed by atoms with Gasteiger partial charge in [0.2, 0.25) is 11.6 Å². The largest absolute Gasteiger partial charge is 0.395 e. The summed E-state index contributed by atoms with van der Waals surface area (Å²) in [5.41, 5.74) is 8.23. The molecule has 0 saturated heterocycles. The summed E-state index contributed by atoms with van der Waals surface area (Å²) >= 11 is 0. The van der Waals surface area contributed by atoms with E-state index in [4.69, 9.17) is 5.73 Å². The van der Waals surface area contributed by atoms with Gasteiger partial charge in [-0.1, -0.05) is 37.6 Å². The smallest absolute Gasteiger partial charge is 0.249 e. The number of Topliss-reactive ketones (excluding diaryl/α,β-unsaturated/α-hetero) is 2. The van der Waals surface area contributed by atoms with Crippen LogP contribution < -0.4 is 5.73 Å². The minimum Gasteiger partial charge on any atom is -0.395 e. The van der Waals surface area contributed by atoms with Crippen LogP contribution in [0.2, 0.25) is 0 Å². The van der Waals surface area contributed by atoms with Crippen LogP contribution in [0.15, 0.2) is 48.2 Å². The molecule has 0 saturated carbocycles.